The number of carbonyl (C=O) groups excluding carboxylic acids is 1. The lowest BCUT2D eigenvalue weighted by Crippen LogP contribution is -2.19. The Bertz CT molecular complexity index is 684. The zero-order chi connectivity index (χ0) is 15.9. The van der Waals surface area contributed by atoms with Crippen LogP contribution in [0.15, 0.2) is 47.8 Å². The van der Waals surface area contributed by atoms with E-state index in [9.17, 15) is 4.79 Å². The molecule has 1 amide bonds. The Kier molecular flexibility index (Phi) is 5.08. The van der Waals surface area contributed by atoms with Gasteiger partial charge in [-0.05, 0) is 37.3 Å². The summed E-state index contributed by atoms with van der Waals surface area (Å²) in [4.78, 5) is 16.1. The van der Waals surface area contributed by atoms with Crippen LogP contribution in [-0.2, 0) is 0 Å². The van der Waals surface area contributed by atoms with Gasteiger partial charge in [0, 0.05) is 23.5 Å². The molecule has 0 aliphatic carbocycles. The molecule has 0 saturated carbocycles. The number of nitrogens with one attached hydrogen (secondary N) is 1. The molecule has 2 aromatic rings. The molecule has 1 aromatic heterocycles. The van der Waals surface area contributed by atoms with Gasteiger partial charge in [-0.15, -0.1) is 0 Å². The van der Waals surface area contributed by atoms with Crippen molar-refractivity contribution in [2.75, 3.05) is 14.2 Å². The van der Waals surface area contributed by atoms with Crippen LogP contribution in [0.4, 0.5) is 0 Å². The summed E-state index contributed by atoms with van der Waals surface area (Å²) in [5, 5.41) is 4.09. The molecular weight excluding hydrogens is 282 g/mol. The Balaban J connectivity index is 2.12. The maximum absolute atomic E-state index is 12.1. The van der Waals surface area contributed by atoms with Crippen molar-refractivity contribution < 1.29 is 14.3 Å². The number of carbonyl (C=O) groups is 1. The molecule has 0 spiro atoms. The van der Waals surface area contributed by atoms with Gasteiger partial charge in [0.2, 0.25) is 0 Å². The third-order valence-electron chi connectivity index (χ3n) is 3.07. The van der Waals surface area contributed by atoms with Gasteiger partial charge in [-0.25, -0.2) is 5.43 Å². The van der Waals surface area contributed by atoms with Crippen LogP contribution >= 0.6 is 0 Å². The molecule has 0 aliphatic heterocycles. The minimum absolute atomic E-state index is 0.325. The van der Waals surface area contributed by atoms with Gasteiger partial charge in [-0.3, -0.25) is 9.78 Å². The Hall–Kier alpha value is -2.89. The quantitative estimate of drug-likeness (QED) is 0.679. The summed E-state index contributed by atoms with van der Waals surface area (Å²) in [7, 11) is 3.06. The second-order valence-corrected chi connectivity index (χ2v) is 4.44. The van der Waals surface area contributed by atoms with Crippen molar-refractivity contribution >= 4 is 11.6 Å². The number of pyridine rings is 1. The summed E-state index contributed by atoms with van der Waals surface area (Å²) in [6.45, 7) is 1.81. The van der Waals surface area contributed by atoms with Crippen LogP contribution < -0.4 is 14.9 Å². The number of hydrazone groups is 1. The predicted octanol–water partition coefficient (Wildman–Crippen LogP) is 2.25. The lowest BCUT2D eigenvalue weighted by atomic mass is 10.2. The van der Waals surface area contributed by atoms with E-state index in [1.54, 1.807) is 37.7 Å². The van der Waals surface area contributed by atoms with E-state index >= 15 is 0 Å². The van der Waals surface area contributed by atoms with Gasteiger partial charge in [-0.1, -0.05) is 0 Å². The Morgan fingerprint density at radius 1 is 1.05 bits per heavy atom. The lowest BCUT2D eigenvalue weighted by Gasteiger charge is -2.09. The van der Waals surface area contributed by atoms with Crippen molar-refractivity contribution in [3.05, 3.63) is 53.9 Å². The van der Waals surface area contributed by atoms with E-state index in [-0.39, 0.29) is 5.91 Å². The number of benzene rings is 1. The van der Waals surface area contributed by atoms with E-state index in [4.69, 9.17) is 9.47 Å². The second-order valence-electron chi connectivity index (χ2n) is 4.44. The average Bonchev–Trinajstić information content (AvgIpc) is 2.59. The molecular formula is C16H17N3O3. The molecule has 1 N–H and O–H groups in total. The summed E-state index contributed by atoms with van der Waals surface area (Å²) in [5.74, 6) is 0.731. The minimum atomic E-state index is -0.325. The molecule has 0 atom stereocenters. The summed E-state index contributed by atoms with van der Waals surface area (Å²) >= 11 is 0. The first-order valence-electron chi connectivity index (χ1n) is 6.62. The molecule has 0 saturated heterocycles. The third kappa shape index (κ3) is 3.60. The Morgan fingerprint density at radius 3 is 2.36 bits per heavy atom. The van der Waals surface area contributed by atoms with Crippen molar-refractivity contribution in [3.63, 3.8) is 0 Å². The molecule has 2 rings (SSSR count). The van der Waals surface area contributed by atoms with Gasteiger partial charge in [0.25, 0.3) is 5.91 Å². The van der Waals surface area contributed by atoms with Crippen LogP contribution in [0.3, 0.4) is 0 Å². The smallest absolute Gasteiger partial charge is 0.271 e. The van der Waals surface area contributed by atoms with E-state index < -0.39 is 0 Å². The van der Waals surface area contributed by atoms with Gasteiger partial charge in [0.05, 0.1) is 19.9 Å². The molecule has 1 aromatic carbocycles. The molecule has 114 valence electrons. The summed E-state index contributed by atoms with van der Waals surface area (Å²) in [6, 6.07) is 8.56. The molecule has 1 heterocycles. The maximum atomic E-state index is 12.1. The highest BCUT2D eigenvalue weighted by atomic mass is 16.5. The molecule has 22 heavy (non-hydrogen) atoms. The number of amides is 1. The van der Waals surface area contributed by atoms with Crippen molar-refractivity contribution in [1.29, 1.82) is 0 Å². The van der Waals surface area contributed by atoms with E-state index in [1.807, 2.05) is 19.1 Å². The molecule has 0 bridgehead atoms. The Morgan fingerprint density at radius 2 is 1.73 bits per heavy atom. The first-order valence-corrected chi connectivity index (χ1v) is 6.62. The van der Waals surface area contributed by atoms with Crippen LogP contribution in [0.5, 0.6) is 11.5 Å². The highest BCUT2D eigenvalue weighted by molar-refractivity contribution is 6.00. The third-order valence-corrected chi connectivity index (χ3v) is 3.07. The highest BCUT2D eigenvalue weighted by Gasteiger charge is 2.10. The van der Waals surface area contributed by atoms with E-state index in [0.29, 0.717) is 22.8 Å². The number of rotatable bonds is 5. The number of hydrogen-bond acceptors (Lipinski definition) is 5. The van der Waals surface area contributed by atoms with Crippen molar-refractivity contribution in [1.82, 2.24) is 10.4 Å². The molecule has 0 fully saturated rings. The number of methoxy groups -OCH3 is 2. The van der Waals surface area contributed by atoms with Crippen LogP contribution in [0.2, 0.25) is 0 Å². The summed E-state index contributed by atoms with van der Waals surface area (Å²) < 4.78 is 10.3. The fourth-order valence-electron chi connectivity index (χ4n) is 1.83. The summed E-state index contributed by atoms with van der Waals surface area (Å²) in [5.41, 5.74) is 4.53. The van der Waals surface area contributed by atoms with Crippen molar-refractivity contribution in [2.45, 2.75) is 6.92 Å². The van der Waals surface area contributed by atoms with Gasteiger partial charge in [-0.2, -0.15) is 5.10 Å². The SMILES string of the molecule is COc1ccc(C(=O)NN=C(C)c2ccncc2)cc1OC. The summed E-state index contributed by atoms with van der Waals surface area (Å²) in [6.07, 6.45) is 3.34. The predicted molar refractivity (Wildman–Crippen MR) is 83.5 cm³/mol. The standard InChI is InChI=1S/C16H17N3O3/c1-11(12-6-8-17-9-7-12)18-19-16(20)13-4-5-14(21-2)15(10-13)22-3/h4-10H,1-3H3,(H,19,20). The Labute approximate surface area is 128 Å². The molecule has 0 radical (unpaired) electrons. The molecule has 0 aliphatic rings. The van der Waals surface area contributed by atoms with Gasteiger partial charge < -0.3 is 9.47 Å². The van der Waals surface area contributed by atoms with Crippen molar-refractivity contribution in [3.8, 4) is 11.5 Å². The fraction of sp³-hybridized carbons (Fsp3) is 0.188. The number of ether oxygens (including phenoxy) is 2. The number of nitrogens with zero attached hydrogens (tertiary/aromatic N) is 2. The molecule has 0 unspecified atom stereocenters. The number of aromatic nitrogens is 1. The topological polar surface area (TPSA) is 72.8 Å². The number of hydrogen-bond donors (Lipinski definition) is 1. The minimum Gasteiger partial charge on any atom is -0.493 e. The van der Waals surface area contributed by atoms with Crippen LogP contribution in [-0.4, -0.2) is 30.8 Å². The van der Waals surface area contributed by atoms with E-state index in [0.717, 1.165) is 5.56 Å². The van der Waals surface area contributed by atoms with Crippen LogP contribution in [0, 0.1) is 0 Å². The molecule has 6 heteroatoms. The molecule has 6 nitrogen and oxygen atoms in total. The first-order chi connectivity index (χ1) is 10.7. The van der Waals surface area contributed by atoms with Gasteiger partial charge in [0.15, 0.2) is 11.5 Å². The van der Waals surface area contributed by atoms with E-state index in [2.05, 4.69) is 15.5 Å². The van der Waals surface area contributed by atoms with Crippen molar-refractivity contribution in [2.24, 2.45) is 5.10 Å². The van der Waals surface area contributed by atoms with Gasteiger partial charge >= 0.3 is 0 Å². The van der Waals surface area contributed by atoms with Crippen LogP contribution in [0.1, 0.15) is 22.8 Å². The second kappa shape index (κ2) is 7.21. The van der Waals surface area contributed by atoms with Crippen LogP contribution in [0.25, 0.3) is 0 Å². The zero-order valence-electron chi connectivity index (χ0n) is 12.7. The monoisotopic (exact) mass is 299 g/mol. The average molecular weight is 299 g/mol. The normalized spacial score (nSPS) is 11.0. The lowest BCUT2D eigenvalue weighted by molar-refractivity contribution is 0.0954. The van der Waals surface area contributed by atoms with E-state index in [1.165, 1.54) is 7.11 Å². The maximum Gasteiger partial charge on any atom is 0.271 e. The largest absolute Gasteiger partial charge is 0.493 e. The fourth-order valence-corrected chi connectivity index (χ4v) is 1.83. The highest BCUT2D eigenvalue weighted by Crippen LogP contribution is 2.27. The first kappa shape index (κ1) is 15.5. The van der Waals surface area contributed by atoms with Gasteiger partial charge in [0.1, 0.15) is 0 Å². The zero-order valence-corrected chi connectivity index (χ0v) is 12.7.